The molecule has 0 atom stereocenters. The van der Waals surface area contributed by atoms with E-state index in [9.17, 15) is 9.50 Å². The van der Waals surface area contributed by atoms with Crippen molar-refractivity contribution < 1.29 is 9.50 Å². The lowest BCUT2D eigenvalue weighted by Gasteiger charge is -2.31. The maximum atomic E-state index is 14.7. The van der Waals surface area contributed by atoms with Gasteiger partial charge in [0.25, 0.3) is 0 Å². The third kappa shape index (κ3) is 6.96. The Balaban J connectivity index is 1.57. The number of halogens is 1. The Bertz CT molecular complexity index is 871. The number of nitrogens with one attached hydrogen (secondary N) is 2. The number of rotatable bonds is 7. The van der Waals surface area contributed by atoms with Crippen molar-refractivity contribution in [2.45, 2.75) is 52.7 Å². The molecule has 3 rings (SSSR count). The lowest BCUT2D eigenvalue weighted by molar-refractivity contribution is 0.145. The van der Waals surface area contributed by atoms with E-state index in [1.807, 2.05) is 24.0 Å². The lowest BCUT2D eigenvalue weighted by Crippen LogP contribution is -2.38. The fourth-order valence-electron chi connectivity index (χ4n) is 4.06. The van der Waals surface area contributed by atoms with Gasteiger partial charge in [-0.25, -0.2) is 9.38 Å². The smallest absolute Gasteiger partial charge is 0.191 e. The highest BCUT2D eigenvalue weighted by atomic mass is 19.1. The topological polar surface area (TPSA) is 59.9 Å². The number of benzene rings is 2. The quantitative estimate of drug-likeness (QED) is 0.467. The standard InChI is InChI=1S/C25H35FN4O/c1-4-27-25(28-10-7-20-14-18(2)13-19(3)15-20)29-17-21-5-6-24(23(26)16-21)30-11-8-22(31)9-12-30/h5-6,13-16,22,31H,4,7-12,17H2,1-3H3,(H2,27,28,29). The predicted molar refractivity (Wildman–Crippen MR) is 126 cm³/mol. The second-order valence-electron chi connectivity index (χ2n) is 8.37. The summed E-state index contributed by atoms with van der Waals surface area (Å²) in [6.07, 6.45) is 2.03. The van der Waals surface area contributed by atoms with Crippen LogP contribution in [0.4, 0.5) is 10.1 Å². The van der Waals surface area contributed by atoms with Gasteiger partial charge in [0.15, 0.2) is 5.96 Å². The highest BCUT2D eigenvalue weighted by Crippen LogP contribution is 2.24. The molecule has 0 amide bonds. The normalized spacial score (nSPS) is 15.3. The molecule has 6 heteroatoms. The summed E-state index contributed by atoms with van der Waals surface area (Å²) in [7, 11) is 0. The number of aliphatic hydroxyl groups is 1. The Kier molecular flexibility index (Phi) is 8.29. The van der Waals surface area contributed by atoms with Crippen LogP contribution in [0.25, 0.3) is 0 Å². The van der Waals surface area contributed by atoms with Gasteiger partial charge >= 0.3 is 0 Å². The van der Waals surface area contributed by atoms with E-state index < -0.39 is 0 Å². The van der Waals surface area contributed by atoms with Crippen LogP contribution in [0.5, 0.6) is 0 Å². The predicted octanol–water partition coefficient (Wildman–Crippen LogP) is 3.70. The summed E-state index contributed by atoms with van der Waals surface area (Å²) in [6.45, 7) is 9.60. The minimum atomic E-state index is -0.264. The highest BCUT2D eigenvalue weighted by molar-refractivity contribution is 5.79. The number of aryl methyl sites for hydroxylation is 2. The maximum Gasteiger partial charge on any atom is 0.191 e. The molecule has 31 heavy (non-hydrogen) atoms. The van der Waals surface area contributed by atoms with Crippen LogP contribution in [0.3, 0.4) is 0 Å². The molecule has 168 valence electrons. The van der Waals surface area contributed by atoms with E-state index in [-0.39, 0.29) is 11.9 Å². The molecule has 0 radical (unpaired) electrons. The number of aliphatic hydroxyl groups excluding tert-OH is 1. The van der Waals surface area contributed by atoms with Gasteiger partial charge in [0, 0.05) is 26.2 Å². The summed E-state index contributed by atoms with van der Waals surface area (Å²) in [4.78, 5) is 6.63. The van der Waals surface area contributed by atoms with Crippen LogP contribution in [-0.4, -0.2) is 43.3 Å². The lowest BCUT2D eigenvalue weighted by atomic mass is 10.1. The third-order valence-electron chi connectivity index (χ3n) is 5.57. The van der Waals surface area contributed by atoms with Crippen LogP contribution in [-0.2, 0) is 13.0 Å². The van der Waals surface area contributed by atoms with E-state index in [4.69, 9.17) is 0 Å². The second kappa shape index (κ2) is 11.1. The van der Waals surface area contributed by atoms with Crippen LogP contribution >= 0.6 is 0 Å². The molecular formula is C25H35FN4O. The number of piperidine rings is 1. The molecule has 1 aliphatic rings. The zero-order chi connectivity index (χ0) is 22.2. The van der Waals surface area contributed by atoms with Gasteiger partial charge in [-0.05, 0) is 63.3 Å². The summed E-state index contributed by atoms with van der Waals surface area (Å²) in [5.74, 6) is 0.512. The first-order valence-electron chi connectivity index (χ1n) is 11.3. The average molecular weight is 427 g/mol. The van der Waals surface area contributed by atoms with Crippen molar-refractivity contribution in [3.8, 4) is 0 Å². The van der Waals surface area contributed by atoms with E-state index in [2.05, 4.69) is 47.7 Å². The van der Waals surface area contributed by atoms with E-state index in [0.29, 0.717) is 38.2 Å². The van der Waals surface area contributed by atoms with Crippen molar-refractivity contribution in [2.24, 2.45) is 4.99 Å². The van der Waals surface area contributed by atoms with Gasteiger partial charge < -0.3 is 20.6 Å². The fourth-order valence-corrected chi connectivity index (χ4v) is 4.06. The molecule has 5 nitrogen and oxygen atoms in total. The van der Waals surface area contributed by atoms with Crippen LogP contribution < -0.4 is 15.5 Å². The van der Waals surface area contributed by atoms with Crippen molar-refractivity contribution in [3.63, 3.8) is 0 Å². The van der Waals surface area contributed by atoms with Gasteiger partial charge in [-0.2, -0.15) is 0 Å². The molecule has 0 unspecified atom stereocenters. The van der Waals surface area contributed by atoms with Gasteiger partial charge in [-0.1, -0.05) is 35.4 Å². The van der Waals surface area contributed by atoms with E-state index in [0.717, 1.165) is 31.0 Å². The molecule has 2 aromatic carbocycles. The van der Waals surface area contributed by atoms with Crippen LogP contribution in [0.15, 0.2) is 41.4 Å². The largest absolute Gasteiger partial charge is 0.393 e. The Morgan fingerprint density at radius 2 is 1.77 bits per heavy atom. The first-order chi connectivity index (χ1) is 14.9. The molecule has 0 aromatic heterocycles. The zero-order valence-electron chi connectivity index (χ0n) is 18.9. The van der Waals surface area contributed by atoms with Gasteiger partial charge in [-0.15, -0.1) is 0 Å². The van der Waals surface area contributed by atoms with Crippen LogP contribution in [0.1, 0.15) is 42.0 Å². The summed E-state index contributed by atoms with van der Waals surface area (Å²) in [6, 6.07) is 12.0. The van der Waals surface area contributed by atoms with Crippen molar-refractivity contribution in [3.05, 3.63) is 64.5 Å². The number of aliphatic imine (C=N–C) groups is 1. The van der Waals surface area contributed by atoms with Gasteiger partial charge in [0.05, 0.1) is 18.3 Å². The Hall–Kier alpha value is -2.60. The average Bonchev–Trinajstić information content (AvgIpc) is 2.72. The summed E-state index contributed by atoms with van der Waals surface area (Å²) >= 11 is 0. The molecule has 0 saturated carbocycles. The Morgan fingerprint density at radius 1 is 1.06 bits per heavy atom. The minimum Gasteiger partial charge on any atom is -0.393 e. The SMILES string of the molecule is CCNC(=NCc1ccc(N2CCC(O)CC2)c(F)c1)NCCc1cc(C)cc(C)c1. The molecule has 0 spiro atoms. The maximum absolute atomic E-state index is 14.7. The Labute approximate surface area is 185 Å². The molecule has 1 fully saturated rings. The first-order valence-corrected chi connectivity index (χ1v) is 11.3. The number of guanidine groups is 1. The molecule has 0 bridgehead atoms. The molecule has 2 aromatic rings. The minimum absolute atomic E-state index is 0.225. The molecule has 0 aliphatic carbocycles. The number of hydrogen-bond donors (Lipinski definition) is 3. The molecule has 1 aliphatic heterocycles. The van der Waals surface area contributed by atoms with Crippen molar-refractivity contribution in [1.29, 1.82) is 0 Å². The van der Waals surface area contributed by atoms with Gasteiger partial charge in [0.2, 0.25) is 0 Å². The molecule has 1 saturated heterocycles. The molecular weight excluding hydrogens is 391 g/mol. The third-order valence-corrected chi connectivity index (χ3v) is 5.57. The number of anilines is 1. The Morgan fingerprint density at radius 3 is 2.42 bits per heavy atom. The number of hydrogen-bond acceptors (Lipinski definition) is 3. The van der Waals surface area contributed by atoms with Crippen molar-refractivity contribution in [2.75, 3.05) is 31.1 Å². The fraction of sp³-hybridized carbons (Fsp3) is 0.480. The van der Waals surface area contributed by atoms with E-state index in [1.54, 1.807) is 6.07 Å². The van der Waals surface area contributed by atoms with Crippen molar-refractivity contribution in [1.82, 2.24) is 10.6 Å². The summed E-state index contributed by atoms with van der Waals surface area (Å²) in [5, 5.41) is 16.3. The van der Waals surface area contributed by atoms with E-state index in [1.165, 1.54) is 16.7 Å². The highest BCUT2D eigenvalue weighted by Gasteiger charge is 2.19. The zero-order valence-corrected chi connectivity index (χ0v) is 18.9. The molecule has 1 heterocycles. The number of nitrogens with zero attached hydrogens (tertiary/aromatic N) is 2. The van der Waals surface area contributed by atoms with Gasteiger partial charge in [0.1, 0.15) is 5.82 Å². The van der Waals surface area contributed by atoms with E-state index >= 15 is 0 Å². The summed E-state index contributed by atoms with van der Waals surface area (Å²) in [5.41, 5.74) is 5.32. The van der Waals surface area contributed by atoms with Crippen LogP contribution in [0, 0.1) is 19.7 Å². The van der Waals surface area contributed by atoms with Crippen LogP contribution in [0.2, 0.25) is 0 Å². The van der Waals surface area contributed by atoms with Crippen molar-refractivity contribution >= 4 is 11.6 Å². The second-order valence-corrected chi connectivity index (χ2v) is 8.37. The first kappa shape index (κ1) is 23.1. The van der Waals surface area contributed by atoms with Gasteiger partial charge in [-0.3, -0.25) is 0 Å². The monoisotopic (exact) mass is 426 g/mol. The summed E-state index contributed by atoms with van der Waals surface area (Å²) < 4.78 is 14.7. The molecule has 3 N–H and O–H groups in total.